The highest BCUT2D eigenvalue weighted by Gasteiger charge is 2.19. The molecule has 0 aliphatic carbocycles. The van der Waals surface area contributed by atoms with Crippen molar-refractivity contribution in [2.24, 2.45) is 9.98 Å². The van der Waals surface area contributed by atoms with Gasteiger partial charge in [-0.3, -0.25) is 19.9 Å². The third kappa shape index (κ3) is 8.52. The highest BCUT2D eigenvalue weighted by molar-refractivity contribution is 6.03. The number of pyridine rings is 4. The summed E-state index contributed by atoms with van der Waals surface area (Å²) < 4.78 is 0. The summed E-state index contributed by atoms with van der Waals surface area (Å²) in [4.78, 5) is 52.5. The van der Waals surface area contributed by atoms with Crippen molar-refractivity contribution in [3.63, 3.8) is 0 Å². The largest absolute Gasteiger partial charge is 0.256 e. The standard InChI is InChI=1S/C50H35N11/c1-3-17-56-46(51-2)37-30-38(47-57-22-12-23-58-47)32-41(31-37)50-60-48(39-26-33(42-13-4-8-18-52-42)24-34(27-39)43-14-5-9-19-53-43)59-49(61-50)40-28-35(44-15-6-10-20-54-44)25-36(29-40)45-16-7-11-21-55-45/h3-32H,2H2,1H3/b17-3-,56-46-. The first kappa shape index (κ1) is 38.0. The molecule has 0 spiro atoms. The van der Waals surface area contributed by atoms with Crippen LogP contribution in [0.25, 0.3) is 90.6 Å². The zero-order chi connectivity index (χ0) is 41.4. The molecule has 11 nitrogen and oxygen atoms in total. The number of aliphatic imine (C=N–C) groups is 2. The van der Waals surface area contributed by atoms with Gasteiger partial charge in [0.25, 0.3) is 0 Å². The lowest BCUT2D eigenvalue weighted by molar-refractivity contribution is 1.07. The second-order valence-electron chi connectivity index (χ2n) is 13.7. The summed E-state index contributed by atoms with van der Waals surface area (Å²) in [6.45, 7) is 5.72. The molecule has 9 rings (SSSR count). The van der Waals surface area contributed by atoms with Crippen LogP contribution in [0.4, 0.5) is 0 Å². The van der Waals surface area contributed by atoms with Crippen LogP contribution in [0, 0.1) is 0 Å². The molecule has 3 aromatic carbocycles. The van der Waals surface area contributed by atoms with E-state index in [1.165, 1.54) is 0 Å². The molecule has 61 heavy (non-hydrogen) atoms. The summed E-state index contributed by atoms with van der Waals surface area (Å²) in [5, 5.41) is 0. The Morgan fingerprint density at radius 1 is 0.410 bits per heavy atom. The molecule has 0 aliphatic rings. The van der Waals surface area contributed by atoms with E-state index in [9.17, 15) is 0 Å². The Morgan fingerprint density at radius 3 is 1.11 bits per heavy atom. The molecular formula is C50H35N11. The van der Waals surface area contributed by atoms with Crippen LogP contribution in [-0.2, 0) is 0 Å². The Kier molecular flexibility index (Phi) is 10.9. The first-order valence-electron chi connectivity index (χ1n) is 19.4. The van der Waals surface area contributed by atoms with Crippen molar-refractivity contribution in [1.29, 1.82) is 0 Å². The minimum atomic E-state index is 0.402. The van der Waals surface area contributed by atoms with Gasteiger partial charge in [-0.25, -0.2) is 34.9 Å². The van der Waals surface area contributed by atoms with Crippen LogP contribution in [0.5, 0.6) is 0 Å². The minimum Gasteiger partial charge on any atom is -0.256 e. The Morgan fingerprint density at radius 2 is 0.754 bits per heavy atom. The van der Waals surface area contributed by atoms with Crippen molar-refractivity contribution in [2.45, 2.75) is 6.92 Å². The Labute approximate surface area is 352 Å². The molecular weight excluding hydrogens is 755 g/mol. The molecule has 0 atom stereocenters. The molecule has 0 amide bonds. The molecule has 6 aromatic heterocycles. The van der Waals surface area contributed by atoms with Crippen molar-refractivity contribution in [3.05, 3.63) is 188 Å². The number of amidine groups is 1. The highest BCUT2D eigenvalue weighted by Crippen LogP contribution is 2.35. The highest BCUT2D eigenvalue weighted by atomic mass is 15.0. The van der Waals surface area contributed by atoms with Gasteiger partial charge in [0.05, 0.1) is 22.8 Å². The van der Waals surface area contributed by atoms with E-state index in [1.54, 1.807) is 49.4 Å². The van der Waals surface area contributed by atoms with Gasteiger partial charge in [0.1, 0.15) is 0 Å². The summed E-state index contributed by atoms with van der Waals surface area (Å²) in [5.74, 6) is 2.20. The van der Waals surface area contributed by atoms with Gasteiger partial charge in [-0.15, -0.1) is 0 Å². The van der Waals surface area contributed by atoms with Gasteiger partial charge < -0.3 is 0 Å². The molecule has 0 unspecified atom stereocenters. The Hall–Kier alpha value is -8.57. The number of rotatable bonds is 10. The van der Waals surface area contributed by atoms with Gasteiger partial charge in [-0.1, -0.05) is 30.3 Å². The van der Waals surface area contributed by atoms with Crippen LogP contribution in [0.3, 0.4) is 0 Å². The Bertz CT molecular complexity index is 2770. The average molecular weight is 790 g/mol. The fraction of sp³-hybridized carbons (Fsp3) is 0.0200. The molecule has 0 aliphatic heterocycles. The molecule has 0 saturated carbocycles. The van der Waals surface area contributed by atoms with Gasteiger partial charge in [-0.05, 0) is 123 Å². The number of hydrogen-bond acceptors (Lipinski definition) is 10. The second kappa shape index (κ2) is 17.5. The number of benzene rings is 3. The van der Waals surface area contributed by atoms with E-state index in [2.05, 4.69) is 38.8 Å². The van der Waals surface area contributed by atoms with Crippen LogP contribution in [-0.4, -0.2) is 57.4 Å². The molecule has 0 radical (unpaired) electrons. The molecule has 0 bridgehead atoms. The average Bonchev–Trinajstić information content (AvgIpc) is 3.35. The molecule has 0 saturated heterocycles. The first-order chi connectivity index (χ1) is 30.1. The zero-order valence-electron chi connectivity index (χ0n) is 32.9. The van der Waals surface area contributed by atoms with Crippen LogP contribution < -0.4 is 0 Å². The van der Waals surface area contributed by atoms with Gasteiger partial charge in [-0.2, -0.15) is 0 Å². The van der Waals surface area contributed by atoms with Gasteiger partial charge in [0.15, 0.2) is 29.1 Å². The van der Waals surface area contributed by atoms with Crippen molar-refractivity contribution in [3.8, 4) is 90.6 Å². The molecule has 11 heteroatoms. The molecule has 6 heterocycles. The molecule has 0 fully saturated rings. The summed E-state index contributed by atoms with van der Waals surface area (Å²) in [5.41, 5.74) is 10.2. The lowest BCUT2D eigenvalue weighted by atomic mass is 9.99. The predicted octanol–water partition coefficient (Wildman–Crippen LogP) is 10.6. The lowest BCUT2D eigenvalue weighted by Crippen LogP contribution is -2.03. The zero-order valence-corrected chi connectivity index (χ0v) is 32.9. The van der Waals surface area contributed by atoms with Crippen molar-refractivity contribution >= 4 is 12.6 Å². The third-order valence-corrected chi connectivity index (χ3v) is 9.63. The molecule has 0 N–H and O–H groups in total. The van der Waals surface area contributed by atoms with E-state index in [1.807, 2.05) is 128 Å². The summed E-state index contributed by atoms with van der Waals surface area (Å²) in [6.07, 6.45) is 14.0. The third-order valence-electron chi connectivity index (χ3n) is 9.63. The topological polar surface area (TPSA) is 141 Å². The predicted molar refractivity (Wildman–Crippen MR) is 241 cm³/mol. The van der Waals surface area contributed by atoms with E-state index in [0.717, 1.165) is 61.7 Å². The molecule has 290 valence electrons. The van der Waals surface area contributed by atoms with Gasteiger partial charge in [0.2, 0.25) is 0 Å². The number of allylic oxidation sites excluding steroid dienone is 1. The van der Waals surface area contributed by atoms with Crippen LogP contribution in [0.15, 0.2) is 193 Å². The van der Waals surface area contributed by atoms with E-state index in [-0.39, 0.29) is 0 Å². The van der Waals surface area contributed by atoms with Crippen molar-refractivity contribution in [2.75, 3.05) is 0 Å². The summed E-state index contributed by atoms with van der Waals surface area (Å²) in [6, 6.07) is 43.3. The quantitative estimate of drug-likeness (QED) is 0.0977. The van der Waals surface area contributed by atoms with E-state index >= 15 is 0 Å². The maximum absolute atomic E-state index is 5.24. The van der Waals surface area contributed by atoms with E-state index in [0.29, 0.717) is 40.3 Å². The van der Waals surface area contributed by atoms with E-state index < -0.39 is 0 Å². The smallest absolute Gasteiger partial charge is 0.164 e. The first-order valence-corrected chi connectivity index (χ1v) is 19.4. The van der Waals surface area contributed by atoms with Crippen molar-refractivity contribution in [1.82, 2.24) is 44.9 Å². The number of hydrogen-bond donors (Lipinski definition) is 0. The Balaban J connectivity index is 1.33. The van der Waals surface area contributed by atoms with Crippen molar-refractivity contribution < 1.29 is 0 Å². The SMILES string of the molecule is C=N/C(=N\C=C/C)c1cc(-c2ncccn2)cc(-c2nc(-c3cc(-c4ccccn4)cc(-c4ccccn4)c3)nc(-c3cc(-c4ccccn4)cc(-c4ccccn4)c3)n2)c1. The van der Waals surface area contributed by atoms with E-state index in [4.69, 9.17) is 34.9 Å². The monoisotopic (exact) mass is 789 g/mol. The van der Waals surface area contributed by atoms with Crippen LogP contribution >= 0.6 is 0 Å². The fourth-order valence-corrected chi connectivity index (χ4v) is 6.82. The normalized spacial score (nSPS) is 11.5. The maximum atomic E-state index is 5.24. The van der Waals surface area contributed by atoms with Crippen LogP contribution in [0.2, 0.25) is 0 Å². The minimum absolute atomic E-state index is 0.402. The number of aromatic nitrogens is 9. The second-order valence-corrected chi connectivity index (χ2v) is 13.7. The lowest BCUT2D eigenvalue weighted by Gasteiger charge is -2.14. The summed E-state index contributed by atoms with van der Waals surface area (Å²) >= 11 is 0. The fourth-order valence-electron chi connectivity index (χ4n) is 6.82. The molecule has 9 aromatic rings. The van der Waals surface area contributed by atoms with Gasteiger partial charge in [0, 0.05) is 93.5 Å². The van der Waals surface area contributed by atoms with Gasteiger partial charge >= 0.3 is 0 Å². The van der Waals surface area contributed by atoms with Crippen LogP contribution in [0.1, 0.15) is 12.5 Å². The maximum Gasteiger partial charge on any atom is 0.164 e. The summed E-state index contributed by atoms with van der Waals surface area (Å²) in [7, 11) is 0. The number of nitrogens with zero attached hydrogens (tertiary/aromatic N) is 11.